The zero-order valence-electron chi connectivity index (χ0n) is 11.1. The molecule has 1 N–H and O–H groups in total. The molecule has 94 valence electrons. The van der Waals surface area contributed by atoms with Gasteiger partial charge in [0.25, 0.3) is 0 Å². The third-order valence-corrected chi connectivity index (χ3v) is 4.23. The third kappa shape index (κ3) is 2.38. The second-order valence-electron chi connectivity index (χ2n) is 5.15. The largest absolute Gasteiger partial charge is 0.388 e. The molecule has 2 rings (SSSR count). The molecule has 0 amide bonds. The van der Waals surface area contributed by atoms with Gasteiger partial charge in [-0.05, 0) is 25.3 Å². The molecule has 0 spiro atoms. The molecule has 1 saturated heterocycles. The van der Waals surface area contributed by atoms with Crippen molar-refractivity contribution in [2.75, 3.05) is 0 Å². The molecule has 3 atom stereocenters. The fraction of sp³-hybridized carbons (Fsp3) is 0.600. The lowest BCUT2D eigenvalue weighted by atomic mass is 9.91. The molecule has 2 nitrogen and oxygen atoms in total. The van der Waals surface area contributed by atoms with Gasteiger partial charge in [-0.2, -0.15) is 0 Å². The fourth-order valence-electron chi connectivity index (χ4n) is 2.87. The van der Waals surface area contributed by atoms with Crippen molar-refractivity contribution in [3.8, 4) is 0 Å². The number of aliphatic hydroxyl groups is 1. The van der Waals surface area contributed by atoms with Crippen molar-refractivity contribution in [2.45, 2.75) is 57.8 Å². The maximum atomic E-state index is 10.5. The molecule has 0 aromatic heterocycles. The van der Waals surface area contributed by atoms with Crippen molar-refractivity contribution < 1.29 is 5.11 Å². The standard InChI is InChI=1S/C15H23NO/c1-4-15(17,5-2)14-12(3)16(14)11-13-9-7-6-8-10-13/h6-10,12,14,17H,4-5,11H2,1-3H3/t12-,14+,16?/m1/s1. The van der Waals surface area contributed by atoms with Crippen molar-refractivity contribution in [1.29, 1.82) is 0 Å². The van der Waals surface area contributed by atoms with E-state index in [1.807, 2.05) is 6.07 Å². The lowest BCUT2D eigenvalue weighted by Crippen LogP contribution is -2.36. The smallest absolute Gasteiger partial charge is 0.0812 e. The van der Waals surface area contributed by atoms with E-state index in [1.54, 1.807) is 0 Å². The van der Waals surface area contributed by atoms with Crippen molar-refractivity contribution in [3.63, 3.8) is 0 Å². The van der Waals surface area contributed by atoms with Crippen LogP contribution in [-0.2, 0) is 6.54 Å². The van der Waals surface area contributed by atoms with Crippen molar-refractivity contribution >= 4 is 0 Å². The second-order valence-corrected chi connectivity index (χ2v) is 5.15. The summed E-state index contributed by atoms with van der Waals surface area (Å²) in [6.45, 7) is 7.32. The second kappa shape index (κ2) is 4.79. The molecular formula is C15H23NO. The molecule has 1 unspecified atom stereocenters. The Morgan fingerprint density at radius 1 is 1.18 bits per heavy atom. The molecule has 1 heterocycles. The molecule has 17 heavy (non-hydrogen) atoms. The Balaban J connectivity index is 2.02. The lowest BCUT2D eigenvalue weighted by Gasteiger charge is -2.25. The zero-order valence-corrected chi connectivity index (χ0v) is 11.1. The number of benzene rings is 1. The summed E-state index contributed by atoms with van der Waals surface area (Å²) >= 11 is 0. The molecule has 0 bridgehead atoms. The summed E-state index contributed by atoms with van der Waals surface area (Å²) in [5.41, 5.74) is 0.824. The number of nitrogens with zero attached hydrogens (tertiary/aromatic N) is 1. The molecule has 1 aromatic carbocycles. The molecule has 0 saturated carbocycles. The summed E-state index contributed by atoms with van der Waals surface area (Å²) in [5.74, 6) is 0. The predicted octanol–water partition coefficient (Wildman–Crippen LogP) is 2.81. The van der Waals surface area contributed by atoms with Crippen LogP contribution >= 0.6 is 0 Å². The highest BCUT2D eigenvalue weighted by Crippen LogP contribution is 2.41. The molecule has 0 radical (unpaired) electrons. The van der Waals surface area contributed by atoms with Crippen molar-refractivity contribution in [3.05, 3.63) is 35.9 Å². The first-order valence-corrected chi connectivity index (χ1v) is 6.64. The fourth-order valence-corrected chi connectivity index (χ4v) is 2.87. The first kappa shape index (κ1) is 12.6. The Morgan fingerprint density at radius 3 is 2.29 bits per heavy atom. The average Bonchev–Trinajstić information content (AvgIpc) is 3.00. The number of hydrogen-bond acceptors (Lipinski definition) is 2. The van der Waals surface area contributed by atoms with Crippen LogP contribution in [0.1, 0.15) is 39.2 Å². The predicted molar refractivity (Wildman–Crippen MR) is 70.8 cm³/mol. The Bertz CT molecular complexity index is 358. The van der Waals surface area contributed by atoms with E-state index >= 15 is 0 Å². The molecule has 0 aliphatic carbocycles. The Hall–Kier alpha value is -0.860. The molecule has 1 aromatic rings. The topological polar surface area (TPSA) is 23.2 Å². The maximum absolute atomic E-state index is 10.5. The van der Waals surface area contributed by atoms with Gasteiger partial charge in [0.05, 0.1) is 11.6 Å². The summed E-state index contributed by atoms with van der Waals surface area (Å²) in [7, 11) is 0. The summed E-state index contributed by atoms with van der Waals surface area (Å²) in [6.07, 6.45) is 1.67. The van der Waals surface area contributed by atoms with Gasteiger partial charge in [-0.15, -0.1) is 0 Å². The third-order valence-electron chi connectivity index (χ3n) is 4.23. The quantitative estimate of drug-likeness (QED) is 0.790. The van der Waals surface area contributed by atoms with Crippen molar-refractivity contribution in [2.24, 2.45) is 0 Å². The average molecular weight is 233 g/mol. The Kier molecular flexibility index (Phi) is 3.55. The Morgan fingerprint density at radius 2 is 1.76 bits per heavy atom. The van der Waals surface area contributed by atoms with E-state index in [0.29, 0.717) is 12.1 Å². The number of rotatable bonds is 5. The first-order valence-electron chi connectivity index (χ1n) is 6.64. The highest BCUT2D eigenvalue weighted by Gasteiger charge is 2.54. The molecule has 2 heteroatoms. The Labute approximate surface area is 104 Å². The maximum Gasteiger partial charge on any atom is 0.0812 e. The summed E-state index contributed by atoms with van der Waals surface area (Å²) in [4.78, 5) is 2.39. The normalized spacial score (nSPS) is 28.1. The monoisotopic (exact) mass is 233 g/mol. The molecule has 1 aliphatic heterocycles. The van der Waals surface area contributed by atoms with Gasteiger partial charge in [0.1, 0.15) is 0 Å². The minimum absolute atomic E-state index is 0.331. The van der Waals surface area contributed by atoms with Gasteiger partial charge >= 0.3 is 0 Å². The van der Waals surface area contributed by atoms with E-state index in [4.69, 9.17) is 0 Å². The van der Waals surface area contributed by atoms with Crippen LogP contribution in [0.4, 0.5) is 0 Å². The van der Waals surface area contributed by atoms with Gasteiger partial charge in [0, 0.05) is 12.6 Å². The van der Waals surface area contributed by atoms with Crippen LogP contribution in [0.2, 0.25) is 0 Å². The van der Waals surface area contributed by atoms with E-state index in [9.17, 15) is 5.11 Å². The van der Waals surface area contributed by atoms with Crippen molar-refractivity contribution in [1.82, 2.24) is 4.90 Å². The van der Waals surface area contributed by atoms with Crippen LogP contribution in [0.15, 0.2) is 30.3 Å². The van der Waals surface area contributed by atoms with Crippen LogP contribution < -0.4 is 0 Å². The lowest BCUT2D eigenvalue weighted by molar-refractivity contribution is 0.0174. The van der Waals surface area contributed by atoms with Crippen LogP contribution in [0.25, 0.3) is 0 Å². The van der Waals surface area contributed by atoms with E-state index in [0.717, 1.165) is 19.4 Å². The van der Waals surface area contributed by atoms with Crippen LogP contribution in [0, 0.1) is 0 Å². The minimum atomic E-state index is -0.506. The van der Waals surface area contributed by atoms with E-state index < -0.39 is 5.60 Å². The molecule has 1 aliphatic rings. The first-order chi connectivity index (χ1) is 8.12. The van der Waals surface area contributed by atoms with E-state index in [2.05, 4.69) is 49.9 Å². The summed E-state index contributed by atoms with van der Waals surface area (Å²) in [5, 5.41) is 10.5. The number of hydrogen-bond donors (Lipinski definition) is 1. The van der Waals surface area contributed by atoms with E-state index in [1.165, 1.54) is 5.56 Å². The van der Waals surface area contributed by atoms with Gasteiger partial charge < -0.3 is 5.11 Å². The molecular weight excluding hydrogens is 210 g/mol. The molecule has 1 fully saturated rings. The summed E-state index contributed by atoms with van der Waals surface area (Å²) < 4.78 is 0. The van der Waals surface area contributed by atoms with Crippen LogP contribution in [-0.4, -0.2) is 27.7 Å². The van der Waals surface area contributed by atoms with Crippen LogP contribution in [0.3, 0.4) is 0 Å². The SMILES string of the molecule is CCC(O)(CC)[C@@H]1[C@@H](C)N1Cc1ccccc1. The zero-order chi connectivity index (χ0) is 12.5. The highest BCUT2D eigenvalue weighted by molar-refractivity contribution is 5.19. The summed E-state index contributed by atoms with van der Waals surface area (Å²) in [6, 6.07) is 11.3. The highest BCUT2D eigenvalue weighted by atomic mass is 16.3. The van der Waals surface area contributed by atoms with E-state index in [-0.39, 0.29) is 0 Å². The minimum Gasteiger partial charge on any atom is -0.388 e. The van der Waals surface area contributed by atoms with Gasteiger partial charge in [0.2, 0.25) is 0 Å². The van der Waals surface area contributed by atoms with Gasteiger partial charge in [0.15, 0.2) is 0 Å². The van der Waals surface area contributed by atoms with Gasteiger partial charge in [-0.1, -0.05) is 44.2 Å². The van der Waals surface area contributed by atoms with Gasteiger partial charge in [-0.25, -0.2) is 0 Å². The van der Waals surface area contributed by atoms with Gasteiger partial charge in [-0.3, -0.25) is 4.90 Å². The van der Waals surface area contributed by atoms with Crippen LogP contribution in [0.5, 0.6) is 0 Å².